The van der Waals surface area contributed by atoms with Gasteiger partial charge in [0.05, 0.1) is 0 Å². The minimum Gasteiger partial charge on any atom is -0.480 e. The van der Waals surface area contributed by atoms with Crippen molar-refractivity contribution in [2.45, 2.75) is 32.2 Å². The number of carbonyl (C=O) groups excluding carboxylic acids is 1. The van der Waals surface area contributed by atoms with Gasteiger partial charge in [-0.2, -0.15) is 0 Å². The molecule has 2 aliphatic heterocycles. The molecule has 0 saturated carbocycles. The summed E-state index contributed by atoms with van der Waals surface area (Å²) in [5.41, 5.74) is 4.92. The van der Waals surface area contributed by atoms with Crippen molar-refractivity contribution >= 4 is 5.91 Å². The molecule has 2 N–H and O–H groups in total. The highest BCUT2D eigenvalue weighted by atomic mass is 16.5. The number of ether oxygens (including phenoxy) is 1. The Morgan fingerprint density at radius 1 is 1.14 bits per heavy atom. The molecule has 112 valence electrons. The van der Waals surface area contributed by atoms with Gasteiger partial charge in [0.15, 0.2) is 6.10 Å². The summed E-state index contributed by atoms with van der Waals surface area (Å²) in [4.78, 5) is 12.3. The van der Waals surface area contributed by atoms with Gasteiger partial charge in [0.25, 0.3) is 5.91 Å². The van der Waals surface area contributed by atoms with Gasteiger partial charge in [0, 0.05) is 26.1 Å². The fourth-order valence-electron chi connectivity index (χ4n) is 3.09. The van der Waals surface area contributed by atoms with Crippen LogP contribution in [0.2, 0.25) is 0 Å². The normalized spacial score (nSPS) is 18.5. The molecule has 4 heteroatoms. The fourth-order valence-corrected chi connectivity index (χ4v) is 3.09. The van der Waals surface area contributed by atoms with Gasteiger partial charge in [0.1, 0.15) is 5.75 Å². The van der Waals surface area contributed by atoms with Crippen LogP contribution in [0.3, 0.4) is 0 Å². The first kappa shape index (κ1) is 13.3. The first-order valence-electron chi connectivity index (χ1n) is 7.63. The molecule has 0 radical (unpaired) electrons. The molecular weight excluding hydrogens is 276 g/mol. The highest BCUT2D eigenvalue weighted by molar-refractivity contribution is 5.82. The number of para-hydroxylation sites is 1. The molecule has 2 heterocycles. The van der Waals surface area contributed by atoms with E-state index in [4.69, 9.17) is 4.74 Å². The summed E-state index contributed by atoms with van der Waals surface area (Å²) in [5, 5.41) is 6.31. The summed E-state index contributed by atoms with van der Waals surface area (Å²) in [7, 11) is 0. The second-order valence-electron chi connectivity index (χ2n) is 5.84. The fraction of sp³-hybridized carbons (Fsp3) is 0.278. The van der Waals surface area contributed by atoms with Crippen LogP contribution < -0.4 is 15.4 Å². The maximum atomic E-state index is 12.3. The third kappa shape index (κ3) is 2.46. The van der Waals surface area contributed by atoms with Gasteiger partial charge >= 0.3 is 0 Å². The predicted octanol–water partition coefficient (Wildman–Crippen LogP) is 1.91. The topological polar surface area (TPSA) is 50.4 Å². The molecule has 4 nitrogen and oxygen atoms in total. The Balaban J connectivity index is 1.37. The molecule has 0 aliphatic carbocycles. The monoisotopic (exact) mass is 294 g/mol. The van der Waals surface area contributed by atoms with Gasteiger partial charge in [-0.25, -0.2) is 0 Å². The maximum absolute atomic E-state index is 12.3. The van der Waals surface area contributed by atoms with E-state index < -0.39 is 6.10 Å². The van der Waals surface area contributed by atoms with Crippen LogP contribution >= 0.6 is 0 Å². The first-order chi connectivity index (χ1) is 10.8. The van der Waals surface area contributed by atoms with Crippen molar-refractivity contribution in [3.8, 4) is 5.75 Å². The van der Waals surface area contributed by atoms with Crippen molar-refractivity contribution in [1.29, 1.82) is 0 Å². The van der Waals surface area contributed by atoms with Crippen molar-refractivity contribution < 1.29 is 9.53 Å². The summed E-state index contributed by atoms with van der Waals surface area (Å²) in [6, 6.07) is 14.2. The number of hydrogen-bond acceptors (Lipinski definition) is 3. The van der Waals surface area contributed by atoms with E-state index >= 15 is 0 Å². The predicted molar refractivity (Wildman–Crippen MR) is 83.4 cm³/mol. The molecule has 0 bridgehead atoms. The molecule has 0 spiro atoms. The molecule has 1 unspecified atom stereocenters. The van der Waals surface area contributed by atoms with Crippen LogP contribution in [0.25, 0.3) is 0 Å². The lowest BCUT2D eigenvalue weighted by Crippen LogP contribution is -2.37. The van der Waals surface area contributed by atoms with Gasteiger partial charge in [-0.05, 0) is 28.3 Å². The summed E-state index contributed by atoms with van der Waals surface area (Å²) < 4.78 is 5.71. The molecule has 2 aromatic rings. The van der Waals surface area contributed by atoms with Crippen LogP contribution in [-0.2, 0) is 30.8 Å². The van der Waals surface area contributed by atoms with Crippen molar-refractivity contribution in [2.75, 3.05) is 0 Å². The Bertz CT molecular complexity index is 702. The zero-order valence-corrected chi connectivity index (χ0v) is 12.3. The Morgan fingerprint density at radius 3 is 2.91 bits per heavy atom. The summed E-state index contributed by atoms with van der Waals surface area (Å²) in [5.74, 6) is 0.779. The van der Waals surface area contributed by atoms with Crippen LogP contribution in [0.4, 0.5) is 0 Å². The molecule has 0 aromatic heterocycles. The zero-order valence-electron chi connectivity index (χ0n) is 12.3. The number of nitrogens with one attached hydrogen (secondary N) is 2. The molecule has 2 aliphatic rings. The lowest BCUT2D eigenvalue weighted by molar-refractivity contribution is -0.127. The Hall–Kier alpha value is -2.33. The third-order valence-electron chi connectivity index (χ3n) is 4.31. The maximum Gasteiger partial charge on any atom is 0.261 e. The van der Waals surface area contributed by atoms with E-state index in [0.717, 1.165) is 30.0 Å². The van der Waals surface area contributed by atoms with E-state index in [1.54, 1.807) is 0 Å². The summed E-state index contributed by atoms with van der Waals surface area (Å²) in [6.07, 6.45) is 0.240. The van der Waals surface area contributed by atoms with Gasteiger partial charge in [-0.15, -0.1) is 0 Å². The number of hydrogen-bond donors (Lipinski definition) is 2. The minimum absolute atomic E-state index is 0.0465. The highest BCUT2D eigenvalue weighted by Gasteiger charge is 2.28. The molecule has 1 atom stereocenters. The van der Waals surface area contributed by atoms with Gasteiger partial charge in [0.2, 0.25) is 0 Å². The molecule has 0 saturated heterocycles. The molecule has 4 rings (SSSR count). The zero-order chi connectivity index (χ0) is 14.9. The number of rotatable bonds is 3. The van der Waals surface area contributed by atoms with Crippen LogP contribution in [0.5, 0.6) is 5.75 Å². The second-order valence-corrected chi connectivity index (χ2v) is 5.84. The van der Waals surface area contributed by atoms with Crippen LogP contribution in [0, 0.1) is 0 Å². The largest absolute Gasteiger partial charge is 0.480 e. The smallest absolute Gasteiger partial charge is 0.261 e. The van der Waals surface area contributed by atoms with Crippen LogP contribution in [0.1, 0.15) is 22.3 Å². The molecule has 2 aromatic carbocycles. The van der Waals surface area contributed by atoms with Crippen molar-refractivity contribution in [3.63, 3.8) is 0 Å². The summed E-state index contributed by atoms with van der Waals surface area (Å²) in [6.45, 7) is 2.40. The number of benzene rings is 2. The lowest BCUT2D eigenvalue weighted by atomic mass is 10.1. The average molecular weight is 294 g/mol. The summed E-state index contributed by atoms with van der Waals surface area (Å²) >= 11 is 0. The average Bonchev–Trinajstić information content (AvgIpc) is 3.18. The number of amides is 1. The molecule has 0 fully saturated rings. The standard InChI is InChI=1S/C18H18N2O2/c21-18(17-8-13-3-1-2-4-16(13)22-17)20-9-12-5-6-14-10-19-11-15(14)7-12/h1-7,17,19H,8-11H2,(H,20,21). The van der Waals surface area contributed by atoms with E-state index in [0.29, 0.717) is 13.0 Å². The van der Waals surface area contributed by atoms with E-state index in [1.165, 1.54) is 11.1 Å². The van der Waals surface area contributed by atoms with Gasteiger partial charge in [-0.3, -0.25) is 4.79 Å². The van der Waals surface area contributed by atoms with Crippen molar-refractivity contribution in [2.24, 2.45) is 0 Å². The van der Waals surface area contributed by atoms with E-state index in [9.17, 15) is 4.79 Å². The number of carbonyl (C=O) groups is 1. The van der Waals surface area contributed by atoms with Crippen molar-refractivity contribution in [3.05, 3.63) is 64.7 Å². The molecular formula is C18H18N2O2. The van der Waals surface area contributed by atoms with Gasteiger partial charge < -0.3 is 15.4 Å². The molecule has 22 heavy (non-hydrogen) atoms. The number of fused-ring (bicyclic) bond motifs is 2. The van der Waals surface area contributed by atoms with Crippen LogP contribution in [0.15, 0.2) is 42.5 Å². The third-order valence-corrected chi connectivity index (χ3v) is 4.31. The highest BCUT2D eigenvalue weighted by Crippen LogP contribution is 2.28. The van der Waals surface area contributed by atoms with Gasteiger partial charge in [-0.1, -0.05) is 36.4 Å². The van der Waals surface area contributed by atoms with E-state index in [1.807, 2.05) is 24.3 Å². The minimum atomic E-state index is -0.409. The Morgan fingerprint density at radius 2 is 2.00 bits per heavy atom. The van der Waals surface area contributed by atoms with E-state index in [-0.39, 0.29) is 5.91 Å². The van der Waals surface area contributed by atoms with Crippen molar-refractivity contribution in [1.82, 2.24) is 10.6 Å². The van der Waals surface area contributed by atoms with E-state index in [2.05, 4.69) is 28.8 Å². The van der Waals surface area contributed by atoms with Crippen LogP contribution in [-0.4, -0.2) is 12.0 Å². The second kappa shape index (κ2) is 5.46. The SMILES string of the molecule is O=C(NCc1ccc2c(c1)CNC2)C1Cc2ccccc2O1. The lowest BCUT2D eigenvalue weighted by Gasteiger charge is -2.12. The Labute approximate surface area is 129 Å². The quantitative estimate of drug-likeness (QED) is 0.909. The Kier molecular flexibility index (Phi) is 3.31. The molecule has 1 amide bonds. The first-order valence-corrected chi connectivity index (χ1v) is 7.63.